The third-order valence-electron chi connectivity index (χ3n) is 5.98. The molecule has 38 heavy (non-hydrogen) atoms. The van der Waals surface area contributed by atoms with E-state index >= 15 is 0 Å². The van der Waals surface area contributed by atoms with Crippen LogP contribution in [0.15, 0.2) is 42.9 Å². The molecule has 10 nitrogen and oxygen atoms in total. The predicted molar refractivity (Wildman–Crippen MR) is 118 cm³/mol. The smallest absolute Gasteiger partial charge is 0.475 e. The fourth-order valence-electron chi connectivity index (χ4n) is 4.24. The van der Waals surface area contributed by atoms with Crippen LogP contribution in [0.4, 0.5) is 26.3 Å². The Bertz CT molecular complexity index is 1040. The van der Waals surface area contributed by atoms with Crippen LogP contribution in [-0.2, 0) is 16.1 Å². The van der Waals surface area contributed by atoms with Crippen LogP contribution in [-0.4, -0.2) is 97.2 Å². The van der Waals surface area contributed by atoms with Gasteiger partial charge in [-0.2, -0.15) is 31.4 Å². The van der Waals surface area contributed by atoms with Gasteiger partial charge in [-0.1, -0.05) is 6.07 Å². The summed E-state index contributed by atoms with van der Waals surface area (Å²) >= 11 is 0. The molecule has 2 fully saturated rings. The Morgan fingerprint density at radius 1 is 1.00 bits per heavy atom. The number of hydrogen-bond acceptors (Lipinski definition) is 6. The second-order valence-corrected chi connectivity index (χ2v) is 8.47. The van der Waals surface area contributed by atoms with Gasteiger partial charge in [0.05, 0.1) is 6.54 Å². The third kappa shape index (κ3) is 8.71. The Morgan fingerprint density at radius 2 is 1.61 bits per heavy atom. The van der Waals surface area contributed by atoms with Crippen LogP contribution in [0.3, 0.4) is 0 Å². The number of pyridine rings is 1. The zero-order chi connectivity index (χ0) is 28.7. The number of hydrogen-bond donors (Lipinski definition) is 2. The van der Waals surface area contributed by atoms with Gasteiger partial charge >= 0.3 is 24.3 Å². The Kier molecular flexibility index (Phi) is 10.2. The minimum Gasteiger partial charge on any atom is -0.475 e. The first kappa shape index (κ1) is 30.5. The first-order valence-electron chi connectivity index (χ1n) is 11.1. The van der Waals surface area contributed by atoms with Gasteiger partial charge in [-0.25, -0.2) is 9.59 Å². The lowest BCUT2D eigenvalue weighted by molar-refractivity contribution is -0.193. The van der Waals surface area contributed by atoms with Crippen molar-refractivity contribution in [1.29, 1.82) is 0 Å². The summed E-state index contributed by atoms with van der Waals surface area (Å²) in [4.78, 5) is 39.1. The second-order valence-electron chi connectivity index (χ2n) is 8.47. The Labute approximate surface area is 212 Å². The summed E-state index contributed by atoms with van der Waals surface area (Å²) in [5.41, 5.74) is 0.551. The molecule has 1 amide bonds. The average molecular weight is 553 g/mol. The molecule has 0 spiro atoms. The SMILES string of the molecule is CN1[C@H](Cn2cccn2)C[C@@H]2CN(C(=O)c3ccccn3)CC[C@@H]21.O=C(O)C(F)(F)F.O=C(O)C(F)(F)F. The lowest BCUT2D eigenvalue weighted by atomic mass is 9.92. The molecular weight excluding hydrogens is 528 g/mol. The van der Waals surface area contributed by atoms with Crippen LogP contribution in [0, 0.1) is 5.92 Å². The van der Waals surface area contributed by atoms with Crippen molar-refractivity contribution in [2.75, 3.05) is 20.1 Å². The van der Waals surface area contributed by atoms with E-state index in [-0.39, 0.29) is 5.91 Å². The van der Waals surface area contributed by atoms with E-state index in [2.05, 4.69) is 22.0 Å². The quantitative estimate of drug-likeness (QED) is 0.556. The van der Waals surface area contributed by atoms with Crippen molar-refractivity contribution in [1.82, 2.24) is 24.6 Å². The van der Waals surface area contributed by atoms with Crippen LogP contribution in [0.25, 0.3) is 0 Å². The summed E-state index contributed by atoms with van der Waals surface area (Å²) in [7, 11) is 2.22. The van der Waals surface area contributed by atoms with E-state index < -0.39 is 24.3 Å². The highest BCUT2D eigenvalue weighted by Gasteiger charge is 2.43. The second kappa shape index (κ2) is 12.7. The monoisotopic (exact) mass is 553 g/mol. The molecule has 0 aliphatic carbocycles. The molecule has 210 valence electrons. The van der Waals surface area contributed by atoms with Crippen molar-refractivity contribution in [3.05, 3.63) is 48.5 Å². The van der Waals surface area contributed by atoms with Crippen molar-refractivity contribution in [2.45, 2.75) is 43.8 Å². The van der Waals surface area contributed by atoms with Crippen molar-refractivity contribution in [2.24, 2.45) is 5.92 Å². The number of halogens is 6. The number of carboxylic acids is 2. The molecule has 0 aromatic carbocycles. The van der Waals surface area contributed by atoms with Gasteiger partial charge in [0, 0.05) is 43.8 Å². The topological polar surface area (TPSA) is 129 Å². The van der Waals surface area contributed by atoms with Crippen molar-refractivity contribution in [3.63, 3.8) is 0 Å². The maximum atomic E-state index is 12.6. The minimum absolute atomic E-state index is 0.0622. The number of carboxylic acid groups (broad SMARTS) is 2. The van der Waals surface area contributed by atoms with Gasteiger partial charge in [-0.3, -0.25) is 19.4 Å². The number of likely N-dealkylation sites (N-methyl/N-ethyl adjacent to an activating group) is 1. The van der Waals surface area contributed by atoms with Gasteiger partial charge < -0.3 is 15.1 Å². The first-order chi connectivity index (χ1) is 17.6. The number of carbonyl (C=O) groups is 3. The first-order valence-corrected chi connectivity index (χ1v) is 11.1. The molecule has 2 saturated heterocycles. The summed E-state index contributed by atoms with van der Waals surface area (Å²) in [6.07, 6.45) is -2.48. The molecule has 0 radical (unpaired) electrons. The number of rotatable bonds is 3. The number of fused-ring (bicyclic) bond motifs is 1. The van der Waals surface area contributed by atoms with Crippen LogP contribution in [0.5, 0.6) is 0 Å². The van der Waals surface area contributed by atoms with Crippen molar-refractivity contribution in [3.8, 4) is 0 Å². The van der Waals surface area contributed by atoms with E-state index in [1.165, 1.54) is 0 Å². The Balaban J connectivity index is 0.000000301. The lowest BCUT2D eigenvalue weighted by Gasteiger charge is -2.37. The van der Waals surface area contributed by atoms with Gasteiger partial charge in [-0.05, 0) is 44.0 Å². The fraction of sp³-hybridized carbons (Fsp3) is 0.500. The Hall–Kier alpha value is -3.69. The summed E-state index contributed by atoms with van der Waals surface area (Å²) in [5.74, 6) is -4.91. The van der Waals surface area contributed by atoms with Gasteiger partial charge in [0.1, 0.15) is 5.69 Å². The minimum atomic E-state index is -5.08. The molecule has 2 aliphatic heterocycles. The number of piperidine rings is 1. The molecule has 4 heterocycles. The molecule has 0 unspecified atom stereocenters. The molecule has 16 heteroatoms. The van der Waals surface area contributed by atoms with Gasteiger partial charge in [0.25, 0.3) is 5.91 Å². The summed E-state index contributed by atoms with van der Waals surface area (Å²) in [6, 6.07) is 8.54. The van der Waals surface area contributed by atoms with E-state index in [1.807, 2.05) is 40.2 Å². The van der Waals surface area contributed by atoms with E-state index in [1.54, 1.807) is 12.3 Å². The summed E-state index contributed by atoms with van der Waals surface area (Å²) in [6.45, 7) is 2.57. The molecular formula is C22H25F6N5O5. The zero-order valence-electron chi connectivity index (χ0n) is 19.9. The molecule has 3 atom stereocenters. The number of nitrogens with zero attached hydrogens (tertiary/aromatic N) is 5. The summed E-state index contributed by atoms with van der Waals surface area (Å²) in [5, 5.41) is 18.6. The van der Waals surface area contributed by atoms with Gasteiger partial charge in [0.2, 0.25) is 0 Å². The number of carbonyl (C=O) groups excluding carboxylic acids is 1. The number of amides is 1. The van der Waals surface area contributed by atoms with Gasteiger partial charge in [-0.15, -0.1) is 0 Å². The molecule has 2 aromatic rings. The van der Waals surface area contributed by atoms with Crippen LogP contribution >= 0.6 is 0 Å². The van der Waals surface area contributed by atoms with Crippen molar-refractivity contribution >= 4 is 17.8 Å². The number of alkyl halides is 6. The highest BCUT2D eigenvalue weighted by atomic mass is 19.4. The molecule has 2 aliphatic rings. The molecule has 2 aromatic heterocycles. The van der Waals surface area contributed by atoms with E-state index in [0.29, 0.717) is 23.7 Å². The highest BCUT2D eigenvalue weighted by Crippen LogP contribution is 2.35. The average Bonchev–Trinajstić information content (AvgIpc) is 3.46. The van der Waals surface area contributed by atoms with E-state index in [0.717, 1.165) is 32.5 Å². The summed E-state index contributed by atoms with van der Waals surface area (Å²) < 4.78 is 65.5. The van der Waals surface area contributed by atoms with Crippen LogP contribution < -0.4 is 0 Å². The maximum absolute atomic E-state index is 12.6. The van der Waals surface area contributed by atoms with Crippen LogP contribution in [0.2, 0.25) is 0 Å². The fourth-order valence-corrected chi connectivity index (χ4v) is 4.24. The van der Waals surface area contributed by atoms with Crippen molar-refractivity contribution < 1.29 is 50.9 Å². The van der Waals surface area contributed by atoms with Crippen LogP contribution in [0.1, 0.15) is 23.3 Å². The normalized spacial score (nSPS) is 21.3. The number of aliphatic carboxylic acids is 2. The standard InChI is InChI=1S/C18H23N5O.2C2HF3O2/c1-21-15(13-23-9-4-8-20-23)11-14-12-22(10-6-17(14)21)18(24)16-5-2-3-7-19-16;2*3-2(4,5)1(6)7/h2-5,7-9,14-15,17H,6,10-13H2,1H3;2*(H,6,7)/t14-,15+,17+;;/m1../s1. The number of likely N-dealkylation sites (tertiary alicyclic amines) is 2. The molecule has 0 bridgehead atoms. The zero-order valence-corrected chi connectivity index (χ0v) is 19.9. The molecule has 4 rings (SSSR count). The van der Waals surface area contributed by atoms with E-state index in [4.69, 9.17) is 19.8 Å². The number of aromatic nitrogens is 3. The van der Waals surface area contributed by atoms with Gasteiger partial charge in [0.15, 0.2) is 0 Å². The molecule has 0 saturated carbocycles. The third-order valence-corrected chi connectivity index (χ3v) is 5.98. The lowest BCUT2D eigenvalue weighted by Crippen LogP contribution is -2.48. The molecule has 2 N–H and O–H groups in total. The van der Waals surface area contributed by atoms with E-state index in [9.17, 15) is 31.1 Å². The maximum Gasteiger partial charge on any atom is 0.490 e. The largest absolute Gasteiger partial charge is 0.490 e. The highest BCUT2D eigenvalue weighted by molar-refractivity contribution is 5.92. The Morgan fingerprint density at radius 3 is 2.08 bits per heavy atom. The predicted octanol–water partition coefficient (Wildman–Crippen LogP) is 2.78.